The summed E-state index contributed by atoms with van der Waals surface area (Å²) < 4.78 is 16.5. The SMILES string of the molecule is CCCCCCCCCCCCCCCCCCCCCCCCCCCCCCCCCCCCCC(=O)OCC(COC(=O)CCCCCCC)OC(=O)CCCCCCC. The monoisotopic (exact) mass is 891 g/mol. The first-order valence-corrected chi connectivity index (χ1v) is 28.5. The summed E-state index contributed by atoms with van der Waals surface area (Å²) >= 11 is 0. The molecule has 63 heavy (non-hydrogen) atoms. The second-order valence-corrected chi connectivity index (χ2v) is 19.6. The molecule has 0 aliphatic heterocycles. The van der Waals surface area contributed by atoms with Crippen LogP contribution in [0.1, 0.15) is 329 Å². The number of rotatable bonds is 53. The van der Waals surface area contributed by atoms with Crippen molar-refractivity contribution in [1.29, 1.82) is 0 Å². The Morgan fingerprint density at radius 1 is 0.254 bits per heavy atom. The van der Waals surface area contributed by atoms with Crippen molar-refractivity contribution in [2.75, 3.05) is 13.2 Å². The molecule has 0 aliphatic rings. The highest BCUT2D eigenvalue weighted by molar-refractivity contribution is 5.71. The lowest BCUT2D eigenvalue weighted by Crippen LogP contribution is -2.30. The van der Waals surface area contributed by atoms with Gasteiger partial charge >= 0.3 is 17.9 Å². The predicted octanol–water partition coefficient (Wildman–Crippen LogP) is 18.8. The Hall–Kier alpha value is -1.59. The summed E-state index contributed by atoms with van der Waals surface area (Å²) in [6.07, 6.45) is 59.5. The van der Waals surface area contributed by atoms with Gasteiger partial charge in [-0.2, -0.15) is 0 Å². The van der Waals surface area contributed by atoms with E-state index in [2.05, 4.69) is 20.8 Å². The zero-order valence-electron chi connectivity index (χ0n) is 42.9. The Morgan fingerprint density at radius 2 is 0.429 bits per heavy atom. The van der Waals surface area contributed by atoms with Crippen molar-refractivity contribution >= 4 is 17.9 Å². The Bertz CT molecular complexity index is 936. The molecule has 0 bridgehead atoms. The van der Waals surface area contributed by atoms with Crippen LogP contribution in [0.2, 0.25) is 0 Å². The summed E-state index contributed by atoms with van der Waals surface area (Å²) in [5.41, 5.74) is 0. The average Bonchev–Trinajstić information content (AvgIpc) is 3.28. The minimum Gasteiger partial charge on any atom is -0.462 e. The average molecular weight is 892 g/mol. The summed E-state index contributed by atoms with van der Waals surface area (Å²) in [6, 6.07) is 0. The van der Waals surface area contributed by atoms with Crippen LogP contribution in [-0.4, -0.2) is 37.2 Å². The van der Waals surface area contributed by atoms with Crippen molar-refractivity contribution in [3.8, 4) is 0 Å². The molecule has 6 heteroatoms. The van der Waals surface area contributed by atoms with Crippen LogP contribution < -0.4 is 0 Å². The fourth-order valence-corrected chi connectivity index (χ4v) is 8.80. The van der Waals surface area contributed by atoms with Gasteiger partial charge in [0.2, 0.25) is 0 Å². The van der Waals surface area contributed by atoms with E-state index in [1.165, 1.54) is 218 Å². The van der Waals surface area contributed by atoms with E-state index in [0.717, 1.165) is 70.6 Å². The van der Waals surface area contributed by atoms with Gasteiger partial charge < -0.3 is 14.2 Å². The quantitative estimate of drug-likeness (QED) is 0.0344. The Balaban J connectivity index is 3.61. The van der Waals surface area contributed by atoms with Gasteiger partial charge in [0.05, 0.1) is 0 Å². The predicted molar refractivity (Wildman–Crippen MR) is 270 cm³/mol. The molecule has 0 spiro atoms. The molecule has 0 amide bonds. The molecule has 0 aromatic heterocycles. The molecule has 1 atom stereocenters. The van der Waals surface area contributed by atoms with Gasteiger partial charge in [0, 0.05) is 19.3 Å². The molecule has 0 radical (unpaired) electrons. The zero-order valence-corrected chi connectivity index (χ0v) is 42.9. The smallest absolute Gasteiger partial charge is 0.306 e. The summed E-state index contributed by atoms with van der Waals surface area (Å²) in [7, 11) is 0. The van der Waals surface area contributed by atoms with E-state index in [9.17, 15) is 14.4 Å². The molecular formula is C57H110O6. The van der Waals surface area contributed by atoms with Crippen LogP contribution in [0.15, 0.2) is 0 Å². The van der Waals surface area contributed by atoms with Crippen LogP contribution >= 0.6 is 0 Å². The summed E-state index contributed by atoms with van der Waals surface area (Å²) in [6.45, 7) is 6.50. The molecule has 0 aliphatic carbocycles. The number of unbranched alkanes of at least 4 members (excludes halogenated alkanes) is 42. The van der Waals surface area contributed by atoms with E-state index in [0.29, 0.717) is 19.3 Å². The first-order chi connectivity index (χ1) is 31.0. The van der Waals surface area contributed by atoms with Gasteiger partial charge in [-0.25, -0.2) is 0 Å². The van der Waals surface area contributed by atoms with Gasteiger partial charge in [-0.1, -0.05) is 290 Å². The summed E-state index contributed by atoms with van der Waals surface area (Å²) in [4.78, 5) is 37.2. The van der Waals surface area contributed by atoms with Crippen molar-refractivity contribution in [2.24, 2.45) is 0 Å². The fraction of sp³-hybridized carbons (Fsp3) is 0.947. The van der Waals surface area contributed by atoms with Crippen LogP contribution in [0.3, 0.4) is 0 Å². The summed E-state index contributed by atoms with van der Waals surface area (Å²) in [5.74, 6) is -0.881. The molecule has 0 rings (SSSR count). The molecule has 374 valence electrons. The van der Waals surface area contributed by atoms with Crippen LogP contribution in [0.5, 0.6) is 0 Å². The third-order valence-corrected chi connectivity index (χ3v) is 13.1. The van der Waals surface area contributed by atoms with Gasteiger partial charge in [-0.3, -0.25) is 14.4 Å². The van der Waals surface area contributed by atoms with E-state index in [-0.39, 0.29) is 31.1 Å². The topological polar surface area (TPSA) is 78.9 Å². The maximum atomic E-state index is 12.5. The largest absolute Gasteiger partial charge is 0.462 e. The zero-order chi connectivity index (χ0) is 45.8. The van der Waals surface area contributed by atoms with Gasteiger partial charge in [-0.05, 0) is 19.3 Å². The molecule has 0 saturated carbocycles. The fourth-order valence-electron chi connectivity index (χ4n) is 8.80. The number of carbonyl (C=O) groups excluding carboxylic acids is 3. The molecule has 0 aromatic carbocycles. The number of hydrogen-bond acceptors (Lipinski definition) is 6. The van der Waals surface area contributed by atoms with Crippen LogP contribution in [0, 0.1) is 0 Å². The Labute approximate surface area is 393 Å². The summed E-state index contributed by atoms with van der Waals surface area (Å²) in [5, 5.41) is 0. The second-order valence-electron chi connectivity index (χ2n) is 19.6. The second kappa shape index (κ2) is 53.0. The van der Waals surface area contributed by atoms with Gasteiger partial charge in [0.1, 0.15) is 13.2 Å². The first-order valence-electron chi connectivity index (χ1n) is 28.5. The van der Waals surface area contributed by atoms with Crippen LogP contribution in [0.25, 0.3) is 0 Å². The Morgan fingerprint density at radius 3 is 0.635 bits per heavy atom. The molecule has 0 N–H and O–H groups in total. The van der Waals surface area contributed by atoms with Crippen molar-refractivity contribution in [3.63, 3.8) is 0 Å². The number of carbonyl (C=O) groups is 3. The normalized spacial score (nSPS) is 11.9. The van der Waals surface area contributed by atoms with Crippen molar-refractivity contribution in [3.05, 3.63) is 0 Å². The van der Waals surface area contributed by atoms with E-state index >= 15 is 0 Å². The van der Waals surface area contributed by atoms with E-state index in [1.807, 2.05) is 0 Å². The van der Waals surface area contributed by atoms with Crippen molar-refractivity contribution in [1.82, 2.24) is 0 Å². The van der Waals surface area contributed by atoms with Crippen molar-refractivity contribution < 1.29 is 28.6 Å². The lowest BCUT2D eigenvalue weighted by atomic mass is 10.0. The maximum Gasteiger partial charge on any atom is 0.306 e. The number of hydrogen-bond donors (Lipinski definition) is 0. The number of esters is 3. The third kappa shape index (κ3) is 51.3. The highest BCUT2D eigenvalue weighted by Crippen LogP contribution is 2.18. The van der Waals surface area contributed by atoms with E-state index in [1.54, 1.807) is 0 Å². The molecule has 0 heterocycles. The molecule has 1 unspecified atom stereocenters. The minimum atomic E-state index is -0.755. The standard InChI is InChI=1S/C57H110O6/c1-4-7-10-13-14-15-16-17-18-19-20-21-22-23-24-25-26-27-28-29-30-31-32-33-34-35-36-37-38-39-40-41-42-45-47-50-56(59)62-53-54(63-57(60)51-48-44-12-9-6-3)52-61-55(58)49-46-43-11-8-5-2/h54H,4-53H2,1-3H3. The molecule has 0 saturated heterocycles. The van der Waals surface area contributed by atoms with E-state index < -0.39 is 6.10 Å². The lowest BCUT2D eigenvalue weighted by Gasteiger charge is -2.18. The van der Waals surface area contributed by atoms with Gasteiger partial charge in [-0.15, -0.1) is 0 Å². The number of ether oxygens (including phenoxy) is 3. The lowest BCUT2D eigenvalue weighted by molar-refractivity contribution is -0.167. The maximum absolute atomic E-state index is 12.5. The molecule has 0 fully saturated rings. The van der Waals surface area contributed by atoms with E-state index in [4.69, 9.17) is 14.2 Å². The Kier molecular flexibility index (Phi) is 51.7. The highest BCUT2D eigenvalue weighted by atomic mass is 16.6. The van der Waals surface area contributed by atoms with Gasteiger partial charge in [0.25, 0.3) is 0 Å². The van der Waals surface area contributed by atoms with Crippen LogP contribution in [0.4, 0.5) is 0 Å². The van der Waals surface area contributed by atoms with Crippen LogP contribution in [-0.2, 0) is 28.6 Å². The molecular weight excluding hydrogens is 781 g/mol. The third-order valence-electron chi connectivity index (χ3n) is 13.1. The van der Waals surface area contributed by atoms with Crippen molar-refractivity contribution in [2.45, 2.75) is 335 Å². The minimum absolute atomic E-state index is 0.0656. The molecule has 6 nitrogen and oxygen atoms in total. The first kappa shape index (κ1) is 61.4. The molecule has 0 aromatic rings. The van der Waals surface area contributed by atoms with Gasteiger partial charge in [0.15, 0.2) is 6.10 Å². The highest BCUT2D eigenvalue weighted by Gasteiger charge is 2.19.